The lowest BCUT2D eigenvalue weighted by molar-refractivity contribution is -0.116. The zero-order valence-electron chi connectivity index (χ0n) is 13.4. The molecule has 0 fully saturated rings. The lowest BCUT2D eigenvalue weighted by Gasteiger charge is -2.07. The van der Waals surface area contributed by atoms with Crippen LogP contribution in [0, 0.1) is 0 Å². The molecule has 0 bridgehead atoms. The van der Waals surface area contributed by atoms with Crippen LogP contribution in [0.4, 0.5) is 5.69 Å². The molecule has 23 heavy (non-hydrogen) atoms. The van der Waals surface area contributed by atoms with Crippen molar-refractivity contribution in [1.82, 2.24) is 5.43 Å². The van der Waals surface area contributed by atoms with E-state index in [0.717, 1.165) is 37.9 Å². The molecule has 0 aromatic heterocycles. The number of hydrogen-bond acceptors (Lipinski definition) is 3. The first-order chi connectivity index (χ1) is 11.3. The Labute approximate surface area is 138 Å². The van der Waals surface area contributed by atoms with E-state index in [9.17, 15) is 4.79 Å². The van der Waals surface area contributed by atoms with Gasteiger partial charge in [-0.25, -0.2) is 0 Å². The Balaban J connectivity index is 1.66. The number of amides is 1. The highest BCUT2D eigenvalue weighted by Crippen LogP contribution is 2.11. The van der Waals surface area contributed by atoms with Crippen LogP contribution >= 0.6 is 0 Å². The number of rotatable bonds is 9. The average Bonchev–Trinajstić information content (AvgIpc) is 2.59. The number of carbonyl (C=O) groups is 1. The van der Waals surface area contributed by atoms with Gasteiger partial charge in [-0.2, -0.15) is 0 Å². The second-order valence-electron chi connectivity index (χ2n) is 5.64. The molecule has 4 heteroatoms. The molecule has 4 N–H and O–H groups in total. The van der Waals surface area contributed by atoms with Gasteiger partial charge in [-0.05, 0) is 48.9 Å². The molecule has 1 amide bonds. The third kappa shape index (κ3) is 6.63. The number of anilines is 1. The van der Waals surface area contributed by atoms with E-state index in [4.69, 9.17) is 5.84 Å². The molecule has 122 valence electrons. The first-order valence-corrected chi connectivity index (χ1v) is 8.14. The quantitative estimate of drug-likeness (QED) is 0.379. The number of nitrogens with two attached hydrogens (primary N) is 1. The van der Waals surface area contributed by atoms with Gasteiger partial charge in [-0.1, -0.05) is 42.5 Å². The summed E-state index contributed by atoms with van der Waals surface area (Å²) in [5, 5.41) is 2.94. The molecule has 0 radical (unpaired) electrons. The first kappa shape index (κ1) is 17.2. The van der Waals surface area contributed by atoms with Crippen LogP contribution in [0.1, 0.15) is 30.4 Å². The van der Waals surface area contributed by atoms with Gasteiger partial charge in [0.2, 0.25) is 5.91 Å². The number of benzene rings is 2. The Hall–Kier alpha value is -2.17. The minimum atomic E-state index is 0.0782. The van der Waals surface area contributed by atoms with E-state index in [0.29, 0.717) is 6.42 Å². The first-order valence-electron chi connectivity index (χ1n) is 8.14. The molecule has 0 saturated heterocycles. The fraction of sp³-hybridized carbons (Fsp3) is 0.316. The van der Waals surface area contributed by atoms with Crippen LogP contribution < -0.4 is 16.6 Å². The third-order valence-electron chi connectivity index (χ3n) is 3.76. The van der Waals surface area contributed by atoms with Crippen LogP contribution in [0.3, 0.4) is 0 Å². The van der Waals surface area contributed by atoms with Crippen molar-refractivity contribution < 1.29 is 4.79 Å². The zero-order valence-corrected chi connectivity index (χ0v) is 13.4. The number of hydrogen-bond donors (Lipinski definition) is 3. The van der Waals surface area contributed by atoms with Crippen LogP contribution in [-0.4, -0.2) is 12.5 Å². The molecule has 0 spiro atoms. The van der Waals surface area contributed by atoms with Crippen molar-refractivity contribution in [3.63, 3.8) is 0 Å². The van der Waals surface area contributed by atoms with Gasteiger partial charge in [0.1, 0.15) is 0 Å². The number of hydrazine groups is 1. The monoisotopic (exact) mass is 311 g/mol. The normalized spacial score (nSPS) is 10.5. The summed E-state index contributed by atoms with van der Waals surface area (Å²) < 4.78 is 0. The van der Waals surface area contributed by atoms with E-state index in [1.165, 1.54) is 11.1 Å². The molecule has 0 atom stereocenters. The van der Waals surface area contributed by atoms with Crippen LogP contribution in [0.15, 0.2) is 54.6 Å². The third-order valence-corrected chi connectivity index (χ3v) is 3.76. The molecule has 0 aliphatic heterocycles. The maximum atomic E-state index is 11.9. The molecule has 0 heterocycles. The van der Waals surface area contributed by atoms with E-state index < -0.39 is 0 Å². The summed E-state index contributed by atoms with van der Waals surface area (Å²) in [6, 6.07) is 18.3. The molecular weight excluding hydrogens is 286 g/mol. The number of aryl methyl sites for hydroxylation is 1. The van der Waals surface area contributed by atoms with Crippen molar-refractivity contribution in [2.75, 3.05) is 11.9 Å². The van der Waals surface area contributed by atoms with Crippen molar-refractivity contribution in [3.8, 4) is 0 Å². The largest absolute Gasteiger partial charge is 0.326 e. The van der Waals surface area contributed by atoms with Crippen molar-refractivity contribution in [2.24, 2.45) is 5.84 Å². The summed E-state index contributed by atoms with van der Waals surface area (Å²) in [5.74, 6) is 5.34. The van der Waals surface area contributed by atoms with Gasteiger partial charge >= 0.3 is 0 Å². The van der Waals surface area contributed by atoms with E-state index in [-0.39, 0.29) is 5.91 Å². The number of nitrogens with one attached hydrogen (secondary N) is 2. The molecule has 0 unspecified atom stereocenters. The van der Waals surface area contributed by atoms with E-state index in [1.54, 1.807) is 0 Å². The Bertz CT molecular complexity index is 581. The van der Waals surface area contributed by atoms with E-state index in [1.807, 2.05) is 30.3 Å². The highest BCUT2D eigenvalue weighted by atomic mass is 16.1. The van der Waals surface area contributed by atoms with Gasteiger partial charge in [-0.15, -0.1) is 0 Å². The summed E-state index contributed by atoms with van der Waals surface area (Å²) in [6.07, 6.45) is 4.40. The van der Waals surface area contributed by atoms with Crippen LogP contribution in [0.2, 0.25) is 0 Å². The van der Waals surface area contributed by atoms with Crippen LogP contribution in [0.25, 0.3) is 0 Å². The molecule has 2 rings (SSSR count). The Morgan fingerprint density at radius 3 is 2.26 bits per heavy atom. The molecule has 2 aromatic rings. The minimum absolute atomic E-state index is 0.0782. The minimum Gasteiger partial charge on any atom is -0.326 e. The lowest BCUT2D eigenvalue weighted by atomic mass is 10.1. The lowest BCUT2D eigenvalue weighted by Crippen LogP contribution is -2.24. The predicted molar refractivity (Wildman–Crippen MR) is 95.0 cm³/mol. The summed E-state index contributed by atoms with van der Waals surface area (Å²) in [6.45, 7) is 0.743. The molecular formula is C19H25N3O. The maximum absolute atomic E-state index is 11.9. The number of carbonyl (C=O) groups excluding carboxylic acids is 1. The second kappa shape index (κ2) is 9.77. The van der Waals surface area contributed by atoms with Crippen LogP contribution in [0.5, 0.6) is 0 Å². The summed E-state index contributed by atoms with van der Waals surface area (Å²) in [7, 11) is 0. The maximum Gasteiger partial charge on any atom is 0.224 e. The molecule has 0 aliphatic carbocycles. The fourth-order valence-electron chi connectivity index (χ4n) is 2.45. The average molecular weight is 311 g/mol. The molecule has 0 saturated carbocycles. The highest BCUT2D eigenvalue weighted by Gasteiger charge is 2.03. The van der Waals surface area contributed by atoms with Crippen molar-refractivity contribution >= 4 is 11.6 Å². The molecule has 2 aromatic carbocycles. The SMILES string of the molecule is NNCCc1ccc(NC(=O)CCCCc2ccccc2)cc1. The highest BCUT2D eigenvalue weighted by molar-refractivity contribution is 5.90. The van der Waals surface area contributed by atoms with Crippen molar-refractivity contribution in [2.45, 2.75) is 32.1 Å². The van der Waals surface area contributed by atoms with Gasteiger partial charge in [0.05, 0.1) is 0 Å². The van der Waals surface area contributed by atoms with Gasteiger partial charge in [0.25, 0.3) is 0 Å². The van der Waals surface area contributed by atoms with Crippen molar-refractivity contribution in [3.05, 3.63) is 65.7 Å². The molecule has 0 aliphatic rings. The summed E-state index contributed by atoms with van der Waals surface area (Å²) in [4.78, 5) is 11.9. The van der Waals surface area contributed by atoms with E-state index >= 15 is 0 Å². The van der Waals surface area contributed by atoms with Gasteiger partial charge in [0, 0.05) is 18.7 Å². The fourth-order valence-corrected chi connectivity index (χ4v) is 2.45. The van der Waals surface area contributed by atoms with Gasteiger partial charge < -0.3 is 5.32 Å². The second-order valence-corrected chi connectivity index (χ2v) is 5.64. The topological polar surface area (TPSA) is 67.2 Å². The Kier molecular flexibility index (Phi) is 7.30. The smallest absolute Gasteiger partial charge is 0.224 e. The van der Waals surface area contributed by atoms with Crippen molar-refractivity contribution in [1.29, 1.82) is 0 Å². The summed E-state index contributed by atoms with van der Waals surface area (Å²) in [5.41, 5.74) is 6.01. The Morgan fingerprint density at radius 2 is 1.57 bits per heavy atom. The zero-order chi connectivity index (χ0) is 16.3. The molecule has 4 nitrogen and oxygen atoms in total. The predicted octanol–water partition coefficient (Wildman–Crippen LogP) is 3.04. The van der Waals surface area contributed by atoms with Gasteiger partial charge in [-0.3, -0.25) is 16.1 Å². The van der Waals surface area contributed by atoms with E-state index in [2.05, 4.69) is 35.0 Å². The summed E-state index contributed by atoms with van der Waals surface area (Å²) >= 11 is 0. The van der Waals surface area contributed by atoms with Crippen LogP contribution in [-0.2, 0) is 17.6 Å². The number of unbranched alkanes of at least 4 members (excludes halogenated alkanes) is 1. The Morgan fingerprint density at radius 1 is 0.870 bits per heavy atom. The standard InChI is InChI=1S/C19H25N3O/c20-21-15-14-17-10-12-18(13-11-17)22-19(23)9-5-4-8-16-6-2-1-3-7-16/h1-3,6-7,10-13,21H,4-5,8-9,14-15,20H2,(H,22,23). The van der Waals surface area contributed by atoms with Gasteiger partial charge in [0.15, 0.2) is 0 Å².